The molecular formula is C10H8ClF3O3. The van der Waals surface area contributed by atoms with Gasteiger partial charge < -0.3 is 9.84 Å². The van der Waals surface area contributed by atoms with Gasteiger partial charge >= 0.3 is 12.1 Å². The summed E-state index contributed by atoms with van der Waals surface area (Å²) in [7, 11) is 0.672. The predicted molar refractivity (Wildman–Crippen MR) is 53.8 cm³/mol. The second kappa shape index (κ2) is 4.54. The van der Waals surface area contributed by atoms with E-state index in [1.807, 2.05) is 0 Å². The van der Waals surface area contributed by atoms with E-state index in [0.29, 0.717) is 7.11 Å². The standard InChI is InChI=1S/C10H8ClF3O3/c1-17-9(8(15)16,10(12,13)14)6-4-2-3-5-7(6)11/h2-5H,1H3,(H,15,16). The van der Waals surface area contributed by atoms with Gasteiger partial charge in [-0.2, -0.15) is 13.2 Å². The summed E-state index contributed by atoms with van der Waals surface area (Å²) in [5, 5.41) is 8.51. The molecule has 0 saturated carbocycles. The van der Waals surface area contributed by atoms with Crippen molar-refractivity contribution in [1.29, 1.82) is 0 Å². The van der Waals surface area contributed by atoms with Crippen LogP contribution in [-0.4, -0.2) is 24.4 Å². The number of rotatable bonds is 3. The van der Waals surface area contributed by atoms with Crippen LogP contribution in [0.3, 0.4) is 0 Å². The fraction of sp³-hybridized carbons (Fsp3) is 0.300. The zero-order chi connectivity index (χ0) is 13.3. The number of aliphatic carboxylic acids is 1. The lowest BCUT2D eigenvalue weighted by Gasteiger charge is -2.31. The molecule has 0 radical (unpaired) electrons. The van der Waals surface area contributed by atoms with Crippen LogP contribution in [0, 0.1) is 0 Å². The van der Waals surface area contributed by atoms with Crippen LogP contribution in [-0.2, 0) is 15.1 Å². The molecule has 0 aliphatic heterocycles. The van der Waals surface area contributed by atoms with Gasteiger partial charge in [0.15, 0.2) is 0 Å². The van der Waals surface area contributed by atoms with Crippen molar-refractivity contribution in [2.45, 2.75) is 11.8 Å². The maximum absolute atomic E-state index is 12.9. The molecule has 0 heterocycles. The van der Waals surface area contributed by atoms with E-state index < -0.39 is 23.3 Å². The predicted octanol–water partition coefficient (Wildman–Crippen LogP) is 2.83. The minimum atomic E-state index is -5.13. The molecule has 1 unspecified atom stereocenters. The average molecular weight is 269 g/mol. The molecule has 0 aliphatic rings. The van der Waals surface area contributed by atoms with Crippen molar-refractivity contribution in [3.05, 3.63) is 34.9 Å². The molecular weight excluding hydrogens is 261 g/mol. The van der Waals surface area contributed by atoms with Crippen molar-refractivity contribution in [2.24, 2.45) is 0 Å². The minimum absolute atomic E-state index is 0.325. The van der Waals surface area contributed by atoms with Crippen LogP contribution in [0.25, 0.3) is 0 Å². The van der Waals surface area contributed by atoms with Gasteiger partial charge in [0.2, 0.25) is 0 Å². The normalized spacial score (nSPS) is 15.4. The maximum Gasteiger partial charge on any atom is 0.432 e. The molecule has 0 spiro atoms. The molecule has 0 bridgehead atoms. The van der Waals surface area contributed by atoms with Gasteiger partial charge in [-0.05, 0) is 6.07 Å². The minimum Gasteiger partial charge on any atom is -0.479 e. The number of carboxylic acids is 1. The van der Waals surface area contributed by atoms with Crippen molar-refractivity contribution < 1.29 is 27.8 Å². The van der Waals surface area contributed by atoms with E-state index in [0.717, 1.165) is 6.07 Å². The summed E-state index contributed by atoms with van der Waals surface area (Å²) < 4.78 is 43.0. The van der Waals surface area contributed by atoms with Crippen molar-refractivity contribution in [1.82, 2.24) is 0 Å². The first-order chi connectivity index (χ1) is 7.77. The molecule has 0 fully saturated rings. The molecule has 1 N–H and O–H groups in total. The van der Waals surface area contributed by atoms with Gasteiger partial charge in [0, 0.05) is 17.7 Å². The number of carbonyl (C=O) groups is 1. The first kappa shape index (κ1) is 13.8. The van der Waals surface area contributed by atoms with Crippen LogP contribution in [0.4, 0.5) is 13.2 Å². The fourth-order valence-electron chi connectivity index (χ4n) is 1.45. The highest BCUT2D eigenvalue weighted by Gasteiger charge is 2.64. The third-order valence-corrected chi connectivity index (χ3v) is 2.59. The van der Waals surface area contributed by atoms with Crippen molar-refractivity contribution >= 4 is 17.6 Å². The third-order valence-electron chi connectivity index (χ3n) is 2.26. The van der Waals surface area contributed by atoms with Crippen LogP contribution < -0.4 is 0 Å². The Hall–Kier alpha value is -1.27. The zero-order valence-electron chi connectivity index (χ0n) is 8.58. The van der Waals surface area contributed by atoms with Gasteiger partial charge in [-0.3, -0.25) is 0 Å². The average Bonchev–Trinajstić information content (AvgIpc) is 2.19. The highest BCUT2D eigenvalue weighted by atomic mass is 35.5. The number of halogens is 4. The highest BCUT2D eigenvalue weighted by Crippen LogP contribution is 2.44. The van der Waals surface area contributed by atoms with Crippen molar-refractivity contribution in [3.8, 4) is 0 Å². The second-order valence-corrected chi connectivity index (χ2v) is 3.58. The fourth-order valence-corrected chi connectivity index (χ4v) is 1.72. The van der Waals surface area contributed by atoms with E-state index in [4.69, 9.17) is 16.7 Å². The van der Waals surface area contributed by atoms with Crippen LogP contribution in [0.1, 0.15) is 5.56 Å². The Balaban J connectivity index is 3.55. The van der Waals surface area contributed by atoms with E-state index in [2.05, 4.69) is 4.74 Å². The maximum atomic E-state index is 12.9. The van der Waals surface area contributed by atoms with Gasteiger partial charge in [-0.1, -0.05) is 29.8 Å². The lowest BCUT2D eigenvalue weighted by Crippen LogP contribution is -2.51. The Bertz CT molecular complexity index is 433. The lowest BCUT2D eigenvalue weighted by atomic mass is 9.93. The molecule has 7 heteroatoms. The van der Waals surface area contributed by atoms with Crippen molar-refractivity contribution in [2.75, 3.05) is 7.11 Å². The number of methoxy groups -OCH3 is 1. The van der Waals surface area contributed by atoms with E-state index in [-0.39, 0.29) is 5.02 Å². The number of benzene rings is 1. The molecule has 94 valence electrons. The zero-order valence-corrected chi connectivity index (χ0v) is 9.34. The molecule has 1 aromatic carbocycles. The monoisotopic (exact) mass is 268 g/mol. The smallest absolute Gasteiger partial charge is 0.432 e. The van der Waals surface area contributed by atoms with Gasteiger partial charge in [0.1, 0.15) is 0 Å². The molecule has 1 atom stereocenters. The number of hydrogen-bond donors (Lipinski definition) is 1. The van der Waals surface area contributed by atoms with Crippen LogP contribution in [0.5, 0.6) is 0 Å². The molecule has 0 amide bonds. The lowest BCUT2D eigenvalue weighted by molar-refractivity contribution is -0.273. The summed E-state index contributed by atoms with van der Waals surface area (Å²) in [6.45, 7) is 0. The SMILES string of the molecule is COC(C(=O)O)(c1ccccc1Cl)C(F)(F)F. The van der Waals surface area contributed by atoms with E-state index in [1.54, 1.807) is 0 Å². The third kappa shape index (κ3) is 2.10. The Labute approximate surface area is 99.8 Å². The van der Waals surface area contributed by atoms with Crippen LogP contribution >= 0.6 is 11.6 Å². The molecule has 1 rings (SSSR count). The van der Waals surface area contributed by atoms with E-state index in [1.165, 1.54) is 18.2 Å². The summed E-state index contributed by atoms with van der Waals surface area (Å²) in [4.78, 5) is 10.9. The molecule has 0 aromatic heterocycles. The first-order valence-electron chi connectivity index (χ1n) is 4.37. The summed E-state index contributed by atoms with van der Waals surface area (Å²) >= 11 is 5.59. The van der Waals surface area contributed by atoms with E-state index >= 15 is 0 Å². The summed E-state index contributed by atoms with van der Waals surface area (Å²) in [6.07, 6.45) is -5.13. The van der Waals surface area contributed by atoms with Gasteiger partial charge in [0.05, 0.1) is 0 Å². The molecule has 1 aromatic rings. The molecule has 3 nitrogen and oxygen atoms in total. The summed E-state index contributed by atoms with van der Waals surface area (Å²) in [5.74, 6) is -2.17. The summed E-state index contributed by atoms with van der Waals surface area (Å²) in [5.41, 5.74) is -4.10. The Morgan fingerprint density at radius 2 is 1.88 bits per heavy atom. The Morgan fingerprint density at radius 3 is 2.24 bits per heavy atom. The highest BCUT2D eigenvalue weighted by molar-refractivity contribution is 6.31. The Kier molecular flexibility index (Phi) is 3.68. The van der Waals surface area contributed by atoms with Crippen LogP contribution in [0.2, 0.25) is 5.02 Å². The molecule has 17 heavy (non-hydrogen) atoms. The summed E-state index contributed by atoms with van der Waals surface area (Å²) in [6, 6.07) is 4.78. The quantitative estimate of drug-likeness (QED) is 0.917. The molecule has 0 aliphatic carbocycles. The molecule has 0 saturated heterocycles. The number of carboxylic acid groups (broad SMARTS) is 1. The van der Waals surface area contributed by atoms with Gasteiger partial charge in [0.25, 0.3) is 5.60 Å². The number of ether oxygens (including phenoxy) is 1. The number of alkyl halides is 3. The second-order valence-electron chi connectivity index (χ2n) is 3.17. The first-order valence-corrected chi connectivity index (χ1v) is 4.75. The van der Waals surface area contributed by atoms with E-state index in [9.17, 15) is 18.0 Å². The van der Waals surface area contributed by atoms with Gasteiger partial charge in [-0.15, -0.1) is 0 Å². The van der Waals surface area contributed by atoms with Crippen molar-refractivity contribution in [3.63, 3.8) is 0 Å². The van der Waals surface area contributed by atoms with Crippen LogP contribution in [0.15, 0.2) is 24.3 Å². The van der Waals surface area contributed by atoms with Gasteiger partial charge in [-0.25, -0.2) is 4.79 Å². The topological polar surface area (TPSA) is 46.5 Å². The largest absolute Gasteiger partial charge is 0.479 e. The number of hydrogen-bond acceptors (Lipinski definition) is 2. The Morgan fingerprint density at radius 1 is 1.35 bits per heavy atom.